The summed E-state index contributed by atoms with van der Waals surface area (Å²) in [5, 5.41) is 13.6. The molecule has 3 nitrogen and oxygen atoms in total. The predicted octanol–water partition coefficient (Wildman–Crippen LogP) is 2.10. The standard InChI is InChI=1S/C11H14N2OS/c1-3-11(2,8-12)13-10(14)7-9-5-4-6-15-9/h4-6H,3,7H2,1-2H3,(H,13,14)/t11-/m1/s1. The summed E-state index contributed by atoms with van der Waals surface area (Å²) in [5.74, 6) is -0.0941. The minimum atomic E-state index is -0.742. The molecule has 1 rings (SSSR count). The zero-order valence-corrected chi connectivity index (χ0v) is 9.73. The van der Waals surface area contributed by atoms with E-state index < -0.39 is 5.54 Å². The summed E-state index contributed by atoms with van der Waals surface area (Å²) in [5.41, 5.74) is -0.742. The van der Waals surface area contributed by atoms with Gasteiger partial charge in [-0.05, 0) is 24.8 Å². The number of nitriles is 1. The van der Waals surface area contributed by atoms with Crippen LogP contribution in [0.1, 0.15) is 25.1 Å². The van der Waals surface area contributed by atoms with Crippen molar-refractivity contribution >= 4 is 17.2 Å². The van der Waals surface area contributed by atoms with Gasteiger partial charge in [-0.1, -0.05) is 13.0 Å². The van der Waals surface area contributed by atoms with E-state index >= 15 is 0 Å². The first-order valence-electron chi connectivity index (χ1n) is 4.84. The van der Waals surface area contributed by atoms with Gasteiger partial charge in [0, 0.05) is 4.88 Å². The van der Waals surface area contributed by atoms with Crippen molar-refractivity contribution in [1.29, 1.82) is 5.26 Å². The van der Waals surface area contributed by atoms with Gasteiger partial charge in [0.15, 0.2) is 0 Å². The van der Waals surface area contributed by atoms with Gasteiger partial charge in [0.25, 0.3) is 0 Å². The molecular formula is C11H14N2OS. The number of carbonyl (C=O) groups is 1. The molecule has 1 heterocycles. The molecule has 1 amide bonds. The highest BCUT2D eigenvalue weighted by Crippen LogP contribution is 2.11. The van der Waals surface area contributed by atoms with Crippen LogP contribution >= 0.6 is 11.3 Å². The molecule has 0 unspecified atom stereocenters. The summed E-state index contributed by atoms with van der Waals surface area (Å²) in [6.45, 7) is 3.62. The molecule has 1 N–H and O–H groups in total. The van der Waals surface area contributed by atoms with Gasteiger partial charge in [0.2, 0.25) is 5.91 Å². The van der Waals surface area contributed by atoms with E-state index in [4.69, 9.17) is 5.26 Å². The number of nitrogens with one attached hydrogen (secondary N) is 1. The molecule has 0 bridgehead atoms. The molecule has 1 aromatic rings. The highest BCUT2D eigenvalue weighted by Gasteiger charge is 2.23. The first-order valence-corrected chi connectivity index (χ1v) is 5.72. The fourth-order valence-electron chi connectivity index (χ4n) is 1.12. The van der Waals surface area contributed by atoms with Crippen molar-refractivity contribution in [3.8, 4) is 6.07 Å². The number of rotatable bonds is 4. The van der Waals surface area contributed by atoms with Gasteiger partial charge in [-0.25, -0.2) is 0 Å². The lowest BCUT2D eigenvalue weighted by Gasteiger charge is -2.20. The fraction of sp³-hybridized carbons (Fsp3) is 0.455. The molecule has 0 aliphatic heterocycles. The molecule has 0 aliphatic carbocycles. The SMILES string of the molecule is CC[C@](C)(C#N)NC(=O)Cc1cccs1. The Balaban J connectivity index is 2.53. The molecule has 0 fully saturated rings. The lowest BCUT2D eigenvalue weighted by atomic mass is 10.0. The van der Waals surface area contributed by atoms with E-state index in [-0.39, 0.29) is 5.91 Å². The molecular weight excluding hydrogens is 208 g/mol. The van der Waals surface area contributed by atoms with Crippen LogP contribution in [-0.2, 0) is 11.2 Å². The Morgan fingerprint density at radius 1 is 1.73 bits per heavy atom. The monoisotopic (exact) mass is 222 g/mol. The number of hydrogen-bond donors (Lipinski definition) is 1. The second-order valence-corrected chi connectivity index (χ2v) is 4.63. The summed E-state index contributed by atoms with van der Waals surface area (Å²) in [7, 11) is 0. The zero-order chi connectivity index (χ0) is 11.3. The van der Waals surface area contributed by atoms with Gasteiger partial charge in [0.05, 0.1) is 12.5 Å². The summed E-state index contributed by atoms with van der Waals surface area (Å²) < 4.78 is 0. The second kappa shape index (κ2) is 4.94. The Kier molecular flexibility index (Phi) is 3.87. The fourth-order valence-corrected chi connectivity index (χ4v) is 1.82. The van der Waals surface area contributed by atoms with Crippen molar-refractivity contribution in [2.24, 2.45) is 0 Å². The Hall–Kier alpha value is -1.34. The second-order valence-electron chi connectivity index (χ2n) is 3.60. The van der Waals surface area contributed by atoms with E-state index in [1.54, 1.807) is 18.3 Å². The van der Waals surface area contributed by atoms with Crippen LogP contribution in [0.2, 0.25) is 0 Å². The van der Waals surface area contributed by atoms with E-state index in [9.17, 15) is 4.79 Å². The first-order chi connectivity index (χ1) is 7.09. The van der Waals surface area contributed by atoms with Crippen molar-refractivity contribution in [1.82, 2.24) is 5.32 Å². The minimum Gasteiger partial charge on any atom is -0.338 e. The van der Waals surface area contributed by atoms with Crippen molar-refractivity contribution in [3.05, 3.63) is 22.4 Å². The van der Waals surface area contributed by atoms with Crippen LogP contribution in [0, 0.1) is 11.3 Å². The number of hydrogen-bond acceptors (Lipinski definition) is 3. The molecule has 0 spiro atoms. The summed E-state index contributed by atoms with van der Waals surface area (Å²) in [6, 6.07) is 5.94. The van der Waals surface area contributed by atoms with E-state index in [2.05, 4.69) is 11.4 Å². The van der Waals surface area contributed by atoms with Gasteiger partial charge in [-0.15, -0.1) is 11.3 Å². The lowest BCUT2D eigenvalue weighted by Crippen LogP contribution is -2.44. The van der Waals surface area contributed by atoms with E-state index in [0.29, 0.717) is 12.8 Å². The number of carbonyl (C=O) groups excluding carboxylic acids is 1. The highest BCUT2D eigenvalue weighted by molar-refractivity contribution is 7.10. The van der Waals surface area contributed by atoms with E-state index in [1.165, 1.54) is 0 Å². The average Bonchev–Trinajstić information content (AvgIpc) is 2.70. The topological polar surface area (TPSA) is 52.9 Å². The first kappa shape index (κ1) is 11.7. The van der Waals surface area contributed by atoms with Crippen LogP contribution in [0.4, 0.5) is 0 Å². The van der Waals surface area contributed by atoms with Gasteiger partial charge >= 0.3 is 0 Å². The van der Waals surface area contributed by atoms with Crippen LogP contribution < -0.4 is 5.32 Å². The number of thiophene rings is 1. The Labute approximate surface area is 93.7 Å². The van der Waals surface area contributed by atoms with Crippen molar-refractivity contribution in [3.63, 3.8) is 0 Å². The van der Waals surface area contributed by atoms with E-state index in [0.717, 1.165) is 4.88 Å². The van der Waals surface area contributed by atoms with Crippen LogP contribution in [0.25, 0.3) is 0 Å². The number of nitrogens with zero attached hydrogens (tertiary/aromatic N) is 1. The molecule has 0 aromatic carbocycles. The van der Waals surface area contributed by atoms with Crippen molar-refractivity contribution in [2.45, 2.75) is 32.2 Å². The van der Waals surface area contributed by atoms with Crippen molar-refractivity contribution < 1.29 is 4.79 Å². The average molecular weight is 222 g/mol. The van der Waals surface area contributed by atoms with Crippen LogP contribution in [-0.4, -0.2) is 11.4 Å². The molecule has 4 heteroatoms. The van der Waals surface area contributed by atoms with Crippen molar-refractivity contribution in [2.75, 3.05) is 0 Å². The molecule has 15 heavy (non-hydrogen) atoms. The zero-order valence-electron chi connectivity index (χ0n) is 8.91. The third kappa shape index (κ3) is 3.37. The van der Waals surface area contributed by atoms with Crippen LogP contribution in [0.3, 0.4) is 0 Å². The minimum absolute atomic E-state index is 0.0941. The summed E-state index contributed by atoms with van der Waals surface area (Å²) in [4.78, 5) is 12.6. The largest absolute Gasteiger partial charge is 0.338 e. The molecule has 0 saturated heterocycles. The Morgan fingerprint density at radius 2 is 2.47 bits per heavy atom. The third-order valence-corrected chi connectivity index (χ3v) is 3.16. The smallest absolute Gasteiger partial charge is 0.226 e. The van der Waals surface area contributed by atoms with Gasteiger partial charge in [-0.3, -0.25) is 4.79 Å². The summed E-state index contributed by atoms with van der Waals surface area (Å²) in [6.07, 6.45) is 0.967. The van der Waals surface area contributed by atoms with E-state index in [1.807, 2.05) is 24.4 Å². The Bertz CT molecular complexity index is 366. The third-order valence-electron chi connectivity index (χ3n) is 2.28. The molecule has 80 valence electrons. The maximum Gasteiger partial charge on any atom is 0.226 e. The maximum atomic E-state index is 11.6. The van der Waals surface area contributed by atoms with Crippen LogP contribution in [0.15, 0.2) is 17.5 Å². The molecule has 0 aliphatic rings. The quantitative estimate of drug-likeness (QED) is 0.848. The lowest BCUT2D eigenvalue weighted by molar-refractivity contribution is -0.121. The predicted molar refractivity (Wildman–Crippen MR) is 60.5 cm³/mol. The Morgan fingerprint density at radius 3 is 2.93 bits per heavy atom. The molecule has 0 radical (unpaired) electrons. The van der Waals surface area contributed by atoms with Gasteiger partial charge in [0.1, 0.15) is 5.54 Å². The summed E-state index contributed by atoms with van der Waals surface area (Å²) >= 11 is 1.55. The molecule has 1 aromatic heterocycles. The maximum absolute atomic E-state index is 11.6. The van der Waals surface area contributed by atoms with Gasteiger partial charge in [-0.2, -0.15) is 5.26 Å². The van der Waals surface area contributed by atoms with Gasteiger partial charge < -0.3 is 5.32 Å². The normalized spacial score (nSPS) is 13.9. The molecule has 1 atom stereocenters. The number of amides is 1. The van der Waals surface area contributed by atoms with Crippen LogP contribution in [0.5, 0.6) is 0 Å². The highest BCUT2D eigenvalue weighted by atomic mass is 32.1. The molecule has 0 saturated carbocycles.